The monoisotopic (exact) mass is 307 g/mol. The fourth-order valence-electron chi connectivity index (χ4n) is 2.08. The Labute approximate surface area is 122 Å². The van der Waals surface area contributed by atoms with Crippen LogP contribution in [0.3, 0.4) is 0 Å². The number of aromatic nitrogens is 3. The SMILES string of the molecule is O=COc1cnc2ccc(-c3ccccc3C(F)(F)F)nn12. The predicted octanol–water partition coefficient (Wildman–Crippen LogP) is 2.95. The average molecular weight is 307 g/mol. The van der Waals surface area contributed by atoms with Crippen molar-refractivity contribution >= 4 is 12.1 Å². The van der Waals surface area contributed by atoms with Crippen molar-refractivity contribution in [2.45, 2.75) is 6.18 Å². The number of benzene rings is 1. The van der Waals surface area contributed by atoms with Crippen LogP contribution in [-0.4, -0.2) is 21.1 Å². The Hall–Kier alpha value is -2.90. The maximum absolute atomic E-state index is 13.1. The minimum Gasteiger partial charge on any atom is -0.408 e. The molecule has 0 aliphatic carbocycles. The van der Waals surface area contributed by atoms with Crippen LogP contribution in [0.1, 0.15) is 5.56 Å². The third-order valence-corrected chi connectivity index (χ3v) is 3.01. The summed E-state index contributed by atoms with van der Waals surface area (Å²) in [7, 11) is 0. The van der Waals surface area contributed by atoms with Gasteiger partial charge in [0.05, 0.1) is 17.5 Å². The molecule has 0 N–H and O–H groups in total. The van der Waals surface area contributed by atoms with Gasteiger partial charge in [0.25, 0.3) is 6.47 Å². The summed E-state index contributed by atoms with van der Waals surface area (Å²) in [6.07, 6.45) is -3.24. The number of hydrogen-bond donors (Lipinski definition) is 0. The lowest BCUT2D eigenvalue weighted by molar-refractivity contribution is -0.137. The number of imidazole rings is 1. The Morgan fingerprint density at radius 3 is 2.64 bits per heavy atom. The molecule has 0 amide bonds. The fourth-order valence-corrected chi connectivity index (χ4v) is 2.08. The van der Waals surface area contributed by atoms with Crippen LogP contribution in [0.4, 0.5) is 13.2 Å². The smallest absolute Gasteiger partial charge is 0.408 e. The van der Waals surface area contributed by atoms with Gasteiger partial charge >= 0.3 is 6.18 Å². The molecular formula is C14H8F3N3O2. The van der Waals surface area contributed by atoms with E-state index >= 15 is 0 Å². The minimum atomic E-state index is -4.50. The van der Waals surface area contributed by atoms with Crippen molar-refractivity contribution in [3.05, 3.63) is 48.2 Å². The highest BCUT2D eigenvalue weighted by Crippen LogP contribution is 2.36. The van der Waals surface area contributed by atoms with Crippen molar-refractivity contribution in [3.8, 4) is 17.1 Å². The van der Waals surface area contributed by atoms with Crippen LogP contribution < -0.4 is 4.74 Å². The third kappa shape index (κ3) is 2.39. The van der Waals surface area contributed by atoms with Gasteiger partial charge in [-0.1, -0.05) is 18.2 Å². The van der Waals surface area contributed by atoms with Crippen molar-refractivity contribution in [2.75, 3.05) is 0 Å². The molecule has 0 saturated carbocycles. The van der Waals surface area contributed by atoms with Gasteiger partial charge in [0.15, 0.2) is 5.65 Å². The molecule has 8 heteroatoms. The van der Waals surface area contributed by atoms with E-state index in [4.69, 9.17) is 0 Å². The zero-order valence-corrected chi connectivity index (χ0v) is 10.9. The Morgan fingerprint density at radius 1 is 1.14 bits per heavy atom. The van der Waals surface area contributed by atoms with E-state index in [0.29, 0.717) is 5.65 Å². The molecule has 0 bridgehead atoms. The molecule has 2 aromatic heterocycles. The van der Waals surface area contributed by atoms with E-state index in [1.807, 2.05) is 0 Å². The van der Waals surface area contributed by atoms with Gasteiger partial charge in [-0.3, -0.25) is 4.79 Å². The number of fused-ring (bicyclic) bond motifs is 1. The van der Waals surface area contributed by atoms with Crippen LogP contribution in [0.25, 0.3) is 16.9 Å². The van der Waals surface area contributed by atoms with Crippen LogP contribution in [0.15, 0.2) is 42.6 Å². The van der Waals surface area contributed by atoms with Crippen LogP contribution >= 0.6 is 0 Å². The van der Waals surface area contributed by atoms with E-state index < -0.39 is 11.7 Å². The van der Waals surface area contributed by atoms with E-state index in [1.54, 1.807) is 0 Å². The molecule has 2 heterocycles. The van der Waals surface area contributed by atoms with Gasteiger partial charge in [-0.15, -0.1) is 0 Å². The summed E-state index contributed by atoms with van der Waals surface area (Å²) in [6.45, 7) is 0.196. The highest BCUT2D eigenvalue weighted by Gasteiger charge is 2.33. The molecule has 1 aromatic carbocycles. The molecule has 0 aliphatic heterocycles. The van der Waals surface area contributed by atoms with Crippen molar-refractivity contribution in [1.82, 2.24) is 14.6 Å². The number of hydrogen-bond acceptors (Lipinski definition) is 4. The summed E-state index contributed by atoms with van der Waals surface area (Å²) in [5.74, 6) is 0.0244. The van der Waals surface area contributed by atoms with E-state index in [9.17, 15) is 18.0 Å². The van der Waals surface area contributed by atoms with Crippen LogP contribution in [-0.2, 0) is 11.0 Å². The van der Waals surface area contributed by atoms with Gasteiger partial charge < -0.3 is 4.74 Å². The lowest BCUT2D eigenvalue weighted by Crippen LogP contribution is -2.08. The van der Waals surface area contributed by atoms with Gasteiger partial charge in [0.1, 0.15) is 0 Å². The second-order valence-electron chi connectivity index (χ2n) is 4.34. The molecule has 0 fully saturated rings. The zero-order valence-electron chi connectivity index (χ0n) is 10.9. The first kappa shape index (κ1) is 14.1. The van der Waals surface area contributed by atoms with Crippen molar-refractivity contribution in [1.29, 1.82) is 0 Å². The molecule has 0 saturated heterocycles. The van der Waals surface area contributed by atoms with Gasteiger partial charge in [0, 0.05) is 5.56 Å². The standard InChI is InChI=1S/C14H8F3N3O2/c15-14(16,17)10-4-2-1-3-9(10)11-5-6-12-18-7-13(22-8-21)20(12)19-11/h1-8H. The molecule has 22 heavy (non-hydrogen) atoms. The summed E-state index contributed by atoms with van der Waals surface area (Å²) < 4.78 is 45.1. The van der Waals surface area contributed by atoms with E-state index in [-0.39, 0.29) is 23.6 Å². The van der Waals surface area contributed by atoms with Crippen molar-refractivity contribution < 1.29 is 22.7 Å². The van der Waals surface area contributed by atoms with Gasteiger partial charge in [-0.2, -0.15) is 22.8 Å². The first-order valence-corrected chi connectivity index (χ1v) is 6.12. The second kappa shape index (κ2) is 5.14. The average Bonchev–Trinajstić information content (AvgIpc) is 2.89. The first-order valence-electron chi connectivity index (χ1n) is 6.12. The number of carbonyl (C=O) groups excluding carboxylic acids is 1. The topological polar surface area (TPSA) is 56.5 Å². The third-order valence-electron chi connectivity index (χ3n) is 3.01. The summed E-state index contributed by atoms with van der Waals surface area (Å²) >= 11 is 0. The van der Waals surface area contributed by atoms with E-state index in [0.717, 1.165) is 10.6 Å². The van der Waals surface area contributed by atoms with E-state index in [1.165, 1.54) is 36.5 Å². The predicted molar refractivity (Wildman–Crippen MR) is 70.1 cm³/mol. The molecule has 3 rings (SSSR count). The molecule has 3 aromatic rings. The van der Waals surface area contributed by atoms with Crippen LogP contribution in [0.2, 0.25) is 0 Å². The highest BCUT2D eigenvalue weighted by molar-refractivity contribution is 5.65. The summed E-state index contributed by atoms with van der Waals surface area (Å²) in [5, 5.41) is 4.07. The number of ether oxygens (including phenoxy) is 1. The maximum Gasteiger partial charge on any atom is 0.417 e. The first-order chi connectivity index (χ1) is 10.5. The second-order valence-corrected chi connectivity index (χ2v) is 4.34. The number of carbonyl (C=O) groups is 1. The lowest BCUT2D eigenvalue weighted by Gasteiger charge is -2.12. The van der Waals surface area contributed by atoms with Gasteiger partial charge in [0.2, 0.25) is 5.88 Å². The number of nitrogens with zero attached hydrogens (tertiary/aromatic N) is 3. The lowest BCUT2D eigenvalue weighted by atomic mass is 10.0. The molecule has 0 aliphatic rings. The maximum atomic E-state index is 13.1. The summed E-state index contributed by atoms with van der Waals surface area (Å²) in [5.41, 5.74) is -0.415. The van der Waals surface area contributed by atoms with Crippen molar-refractivity contribution in [2.24, 2.45) is 0 Å². The molecule has 0 spiro atoms. The van der Waals surface area contributed by atoms with Gasteiger partial charge in [-0.05, 0) is 18.2 Å². The molecule has 5 nitrogen and oxygen atoms in total. The summed E-state index contributed by atoms with van der Waals surface area (Å²) in [6, 6.07) is 8.03. The van der Waals surface area contributed by atoms with Crippen LogP contribution in [0, 0.1) is 0 Å². The van der Waals surface area contributed by atoms with E-state index in [2.05, 4.69) is 14.8 Å². The Bertz CT molecular complexity index is 843. The van der Waals surface area contributed by atoms with Gasteiger partial charge in [-0.25, -0.2) is 4.98 Å². The number of rotatable bonds is 3. The summed E-state index contributed by atoms with van der Waals surface area (Å²) in [4.78, 5) is 14.4. The fraction of sp³-hybridized carbons (Fsp3) is 0.0714. The number of halogens is 3. The minimum absolute atomic E-state index is 0.0244. The molecular weight excluding hydrogens is 299 g/mol. The normalized spacial score (nSPS) is 11.6. The quantitative estimate of drug-likeness (QED) is 0.698. The molecule has 0 atom stereocenters. The highest BCUT2D eigenvalue weighted by atomic mass is 19.4. The largest absolute Gasteiger partial charge is 0.417 e. The molecule has 0 unspecified atom stereocenters. The molecule has 112 valence electrons. The Kier molecular flexibility index (Phi) is 3.28. The number of alkyl halides is 3. The molecule has 0 radical (unpaired) electrons. The van der Waals surface area contributed by atoms with Crippen LogP contribution in [0.5, 0.6) is 5.88 Å². The zero-order chi connectivity index (χ0) is 15.7. The van der Waals surface area contributed by atoms with Crippen molar-refractivity contribution in [3.63, 3.8) is 0 Å². The Morgan fingerprint density at radius 2 is 1.91 bits per heavy atom. The Balaban J connectivity index is 2.19.